The molecule has 0 saturated carbocycles. The number of rotatable bonds is 6. The normalized spacial score (nSPS) is 12.6. The number of hydrogen-bond acceptors (Lipinski definition) is 2. The topological polar surface area (TPSA) is 49.3 Å². The number of benzene rings is 1. The van der Waals surface area contributed by atoms with E-state index in [0.717, 1.165) is 5.56 Å². The molecule has 0 spiro atoms. The van der Waals surface area contributed by atoms with Crippen molar-refractivity contribution in [2.45, 2.75) is 20.3 Å². The minimum absolute atomic E-state index is 0.0960. The van der Waals surface area contributed by atoms with E-state index in [1.807, 2.05) is 38.1 Å². The number of hydrogen-bond donors (Lipinski definition) is 2. The van der Waals surface area contributed by atoms with Gasteiger partial charge in [-0.1, -0.05) is 36.8 Å². The predicted molar refractivity (Wildman–Crippen MR) is 74.1 cm³/mol. The van der Waals surface area contributed by atoms with E-state index in [0.29, 0.717) is 18.9 Å². The molecular formula is C15H21NO2. The molecule has 1 aromatic carbocycles. The van der Waals surface area contributed by atoms with Gasteiger partial charge in [0.1, 0.15) is 0 Å². The third kappa shape index (κ3) is 5.64. The summed E-state index contributed by atoms with van der Waals surface area (Å²) in [5.74, 6) is 0.201. The third-order valence-corrected chi connectivity index (χ3v) is 2.72. The largest absolute Gasteiger partial charge is 0.396 e. The highest BCUT2D eigenvalue weighted by Gasteiger charge is 2.02. The van der Waals surface area contributed by atoms with Crippen molar-refractivity contribution in [2.24, 2.45) is 5.92 Å². The summed E-state index contributed by atoms with van der Waals surface area (Å²) in [6, 6.07) is 7.98. The van der Waals surface area contributed by atoms with Crippen LogP contribution in [0.4, 0.5) is 0 Å². The zero-order valence-electron chi connectivity index (χ0n) is 11.0. The first kappa shape index (κ1) is 14.5. The molecule has 0 saturated heterocycles. The van der Waals surface area contributed by atoms with Gasteiger partial charge >= 0.3 is 0 Å². The maximum atomic E-state index is 11.5. The molecule has 3 heteroatoms. The van der Waals surface area contributed by atoms with E-state index in [-0.39, 0.29) is 12.5 Å². The number of amides is 1. The molecule has 1 aromatic rings. The van der Waals surface area contributed by atoms with Crippen molar-refractivity contribution in [2.75, 3.05) is 13.2 Å². The third-order valence-electron chi connectivity index (χ3n) is 2.72. The summed E-state index contributed by atoms with van der Waals surface area (Å²) >= 11 is 0. The van der Waals surface area contributed by atoms with Gasteiger partial charge in [-0.2, -0.15) is 0 Å². The van der Waals surface area contributed by atoms with E-state index in [9.17, 15) is 4.79 Å². The molecule has 18 heavy (non-hydrogen) atoms. The molecule has 2 N–H and O–H groups in total. The Bertz CT molecular complexity index is 413. The van der Waals surface area contributed by atoms with E-state index >= 15 is 0 Å². The van der Waals surface area contributed by atoms with Crippen LogP contribution in [0.15, 0.2) is 30.3 Å². The van der Waals surface area contributed by atoms with E-state index in [1.54, 1.807) is 12.2 Å². The second kappa shape index (κ2) is 7.67. The molecule has 1 unspecified atom stereocenters. The summed E-state index contributed by atoms with van der Waals surface area (Å²) in [5.41, 5.74) is 2.20. The molecule has 0 aliphatic carbocycles. The van der Waals surface area contributed by atoms with Gasteiger partial charge in [-0.25, -0.2) is 0 Å². The lowest BCUT2D eigenvalue weighted by Crippen LogP contribution is -2.26. The van der Waals surface area contributed by atoms with Crippen LogP contribution >= 0.6 is 0 Å². The summed E-state index contributed by atoms with van der Waals surface area (Å²) in [6.45, 7) is 4.78. The number of nitrogens with one attached hydrogen (secondary N) is 1. The first-order valence-corrected chi connectivity index (χ1v) is 6.25. The van der Waals surface area contributed by atoms with Crippen molar-refractivity contribution >= 4 is 12.0 Å². The first-order valence-electron chi connectivity index (χ1n) is 6.25. The lowest BCUT2D eigenvalue weighted by Gasteiger charge is -2.09. The molecule has 0 fully saturated rings. The molecule has 98 valence electrons. The molecule has 0 aliphatic rings. The average Bonchev–Trinajstić information content (AvgIpc) is 2.34. The molecule has 1 rings (SSSR count). The summed E-state index contributed by atoms with van der Waals surface area (Å²) in [6.07, 6.45) is 4.06. The predicted octanol–water partition coefficient (Wildman–Crippen LogP) is 2.14. The van der Waals surface area contributed by atoms with Gasteiger partial charge in [-0.05, 0) is 30.9 Å². The van der Waals surface area contributed by atoms with Crippen LogP contribution in [0.5, 0.6) is 0 Å². The fraction of sp³-hybridized carbons (Fsp3) is 0.400. The van der Waals surface area contributed by atoms with Gasteiger partial charge in [0.15, 0.2) is 0 Å². The van der Waals surface area contributed by atoms with Crippen LogP contribution in [0.3, 0.4) is 0 Å². The number of aryl methyl sites for hydroxylation is 1. The van der Waals surface area contributed by atoms with Gasteiger partial charge in [0, 0.05) is 19.2 Å². The lowest BCUT2D eigenvalue weighted by atomic mass is 10.1. The highest BCUT2D eigenvalue weighted by atomic mass is 16.3. The van der Waals surface area contributed by atoms with E-state index in [2.05, 4.69) is 5.32 Å². The highest BCUT2D eigenvalue weighted by molar-refractivity contribution is 5.91. The van der Waals surface area contributed by atoms with Crippen LogP contribution in [0, 0.1) is 12.8 Å². The Labute approximate surface area is 109 Å². The fourth-order valence-electron chi connectivity index (χ4n) is 1.60. The maximum Gasteiger partial charge on any atom is 0.244 e. The Morgan fingerprint density at radius 1 is 1.50 bits per heavy atom. The molecule has 1 amide bonds. The second-order valence-electron chi connectivity index (χ2n) is 4.61. The van der Waals surface area contributed by atoms with Gasteiger partial charge in [-0.3, -0.25) is 4.79 Å². The molecule has 3 nitrogen and oxygen atoms in total. The Hall–Kier alpha value is -1.61. The standard InChI is InChI=1S/C15H21NO2/c1-12-4-3-5-14(10-12)6-7-15(18)16-11-13(2)8-9-17/h3-7,10,13,17H,8-9,11H2,1-2H3,(H,16,18). The van der Waals surface area contributed by atoms with Crippen LogP contribution in [-0.2, 0) is 4.79 Å². The first-order chi connectivity index (χ1) is 8.61. The number of carbonyl (C=O) groups excluding carboxylic acids is 1. The van der Waals surface area contributed by atoms with Crippen LogP contribution < -0.4 is 5.32 Å². The highest BCUT2D eigenvalue weighted by Crippen LogP contribution is 2.05. The van der Waals surface area contributed by atoms with Crippen LogP contribution in [0.1, 0.15) is 24.5 Å². The summed E-state index contributed by atoms with van der Waals surface area (Å²) in [7, 11) is 0. The Kier molecular flexibility index (Phi) is 6.15. The monoisotopic (exact) mass is 247 g/mol. The lowest BCUT2D eigenvalue weighted by molar-refractivity contribution is -0.116. The van der Waals surface area contributed by atoms with Gasteiger partial charge in [0.25, 0.3) is 0 Å². The van der Waals surface area contributed by atoms with Crippen molar-refractivity contribution in [3.63, 3.8) is 0 Å². The molecule has 0 heterocycles. The van der Waals surface area contributed by atoms with Crippen molar-refractivity contribution in [3.05, 3.63) is 41.5 Å². The number of aliphatic hydroxyl groups excluding tert-OH is 1. The van der Waals surface area contributed by atoms with E-state index in [4.69, 9.17) is 5.11 Å². The Morgan fingerprint density at radius 2 is 2.28 bits per heavy atom. The molecule has 0 aliphatic heterocycles. The van der Waals surface area contributed by atoms with Crippen LogP contribution in [-0.4, -0.2) is 24.2 Å². The van der Waals surface area contributed by atoms with E-state index in [1.165, 1.54) is 5.56 Å². The maximum absolute atomic E-state index is 11.5. The number of aliphatic hydroxyl groups is 1. The number of carbonyl (C=O) groups is 1. The Morgan fingerprint density at radius 3 is 2.94 bits per heavy atom. The summed E-state index contributed by atoms with van der Waals surface area (Å²) in [4.78, 5) is 11.5. The van der Waals surface area contributed by atoms with E-state index < -0.39 is 0 Å². The van der Waals surface area contributed by atoms with Crippen molar-refractivity contribution in [1.29, 1.82) is 0 Å². The zero-order valence-corrected chi connectivity index (χ0v) is 11.0. The molecule has 1 atom stereocenters. The SMILES string of the molecule is Cc1cccc(C=CC(=O)NCC(C)CCO)c1. The van der Waals surface area contributed by atoms with Crippen molar-refractivity contribution in [3.8, 4) is 0 Å². The van der Waals surface area contributed by atoms with Gasteiger partial charge in [0.05, 0.1) is 0 Å². The average molecular weight is 247 g/mol. The second-order valence-corrected chi connectivity index (χ2v) is 4.61. The smallest absolute Gasteiger partial charge is 0.244 e. The molecule has 0 aromatic heterocycles. The minimum atomic E-state index is -0.0960. The van der Waals surface area contributed by atoms with Gasteiger partial charge in [-0.15, -0.1) is 0 Å². The van der Waals surface area contributed by atoms with Crippen molar-refractivity contribution < 1.29 is 9.90 Å². The quantitative estimate of drug-likeness (QED) is 0.757. The van der Waals surface area contributed by atoms with Gasteiger partial charge < -0.3 is 10.4 Å². The van der Waals surface area contributed by atoms with Crippen LogP contribution in [0.2, 0.25) is 0 Å². The minimum Gasteiger partial charge on any atom is -0.396 e. The summed E-state index contributed by atoms with van der Waals surface area (Å²) in [5, 5.41) is 11.6. The zero-order chi connectivity index (χ0) is 13.4. The molecule has 0 radical (unpaired) electrons. The summed E-state index contributed by atoms with van der Waals surface area (Å²) < 4.78 is 0. The Balaban J connectivity index is 2.40. The van der Waals surface area contributed by atoms with Crippen LogP contribution in [0.25, 0.3) is 6.08 Å². The fourth-order valence-corrected chi connectivity index (χ4v) is 1.60. The molecular weight excluding hydrogens is 226 g/mol. The molecule has 0 bridgehead atoms. The van der Waals surface area contributed by atoms with Crippen molar-refractivity contribution in [1.82, 2.24) is 5.32 Å². The van der Waals surface area contributed by atoms with Gasteiger partial charge in [0.2, 0.25) is 5.91 Å².